The number of carboxylic acids is 1. The van der Waals surface area contributed by atoms with Gasteiger partial charge in [-0.15, -0.1) is 0 Å². The van der Waals surface area contributed by atoms with E-state index in [2.05, 4.69) is 10.3 Å². The number of para-hydroxylation sites is 1. The van der Waals surface area contributed by atoms with Gasteiger partial charge in [-0.1, -0.05) is 18.2 Å². The predicted molar refractivity (Wildman–Crippen MR) is 78.9 cm³/mol. The Morgan fingerprint density at radius 1 is 1.38 bits per heavy atom. The van der Waals surface area contributed by atoms with Crippen molar-refractivity contribution in [3.63, 3.8) is 0 Å². The molecule has 1 aliphatic heterocycles. The fourth-order valence-electron chi connectivity index (χ4n) is 2.79. The van der Waals surface area contributed by atoms with E-state index in [0.717, 1.165) is 10.9 Å². The average molecular weight is 308 g/mol. The smallest absolute Gasteiger partial charge is 0.325 e. The van der Waals surface area contributed by atoms with Gasteiger partial charge < -0.3 is 10.1 Å². The molecule has 0 aliphatic carbocycles. The van der Waals surface area contributed by atoms with Crippen molar-refractivity contribution in [2.45, 2.75) is 18.5 Å². The highest BCUT2D eigenvalue weighted by Gasteiger charge is 2.32. The molecule has 3 N–H and O–H groups in total. The molecule has 3 rings (SSSR count). The Hall–Kier alpha value is -1.86. The summed E-state index contributed by atoms with van der Waals surface area (Å²) in [6.07, 6.45) is 2.12. The van der Waals surface area contributed by atoms with E-state index in [-0.39, 0.29) is 17.5 Å². The maximum Gasteiger partial charge on any atom is 0.325 e. The second-order valence-corrected chi connectivity index (χ2v) is 7.56. The Labute approximate surface area is 122 Å². The predicted octanol–water partition coefficient (Wildman–Crippen LogP) is 1.07. The SMILES string of the molecule is O=C(O)[C@H](N[C@@H]1CCS(=O)(=O)C1)c1c[nH]c2ccccc12. The average Bonchev–Trinajstić information content (AvgIpc) is 2.99. The van der Waals surface area contributed by atoms with Crippen LogP contribution in [0.4, 0.5) is 0 Å². The normalized spacial score (nSPS) is 22.4. The summed E-state index contributed by atoms with van der Waals surface area (Å²) < 4.78 is 23.0. The molecule has 6 nitrogen and oxygen atoms in total. The van der Waals surface area contributed by atoms with Gasteiger partial charge in [-0.2, -0.15) is 0 Å². The summed E-state index contributed by atoms with van der Waals surface area (Å²) in [6.45, 7) is 0. The molecule has 1 aliphatic rings. The summed E-state index contributed by atoms with van der Waals surface area (Å²) in [5.41, 5.74) is 1.49. The first-order valence-corrected chi connectivity index (χ1v) is 8.54. The van der Waals surface area contributed by atoms with Crippen LogP contribution in [0.1, 0.15) is 18.0 Å². The zero-order valence-corrected chi connectivity index (χ0v) is 12.1. The quantitative estimate of drug-likeness (QED) is 0.784. The maximum atomic E-state index is 11.6. The molecule has 2 heterocycles. The third-order valence-electron chi connectivity index (χ3n) is 3.81. The zero-order chi connectivity index (χ0) is 15.0. The highest BCUT2D eigenvalue weighted by Crippen LogP contribution is 2.26. The molecule has 0 bridgehead atoms. The lowest BCUT2D eigenvalue weighted by atomic mass is 10.0. The fourth-order valence-corrected chi connectivity index (χ4v) is 4.48. The number of benzene rings is 1. The monoisotopic (exact) mass is 308 g/mol. The van der Waals surface area contributed by atoms with Gasteiger partial charge in [0.25, 0.3) is 0 Å². The summed E-state index contributed by atoms with van der Waals surface area (Å²) in [5.74, 6) is -0.895. The lowest BCUT2D eigenvalue weighted by molar-refractivity contribution is -0.139. The fraction of sp³-hybridized carbons (Fsp3) is 0.357. The summed E-state index contributed by atoms with van der Waals surface area (Å²) >= 11 is 0. The number of fused-ring (bicyclic) bond motifs is 1. The lowest BCUT2D eigenvalue weighted by Gasteiger charge is -2.18. The van der Waals surface area contributed by atoms with Gasteiger partial charge in [0.2, 0.25) is 0 Å². The minimum absolute atomic E-state index is 0.000858. The van der Waals surface area contributed by atoms with Crippen molar-refractivity contribution in [2.75, 3.05) is 11.5 Å². The van der Waals surface area contributed by atoms with Crippen molar-refractivity contribution >= 4 is 26.7 Å². The van der Waals surface area contributed by atoms with Crippen molar-refractivity contribution in [2.24, 2.45) is 0 Å². The van der Waals surface area contributed by atoms with Gasteiger partial charge in [0, 0.05) is 28.7 Å². The molecule has 0 unspecified atom stereocenters. The van der Waals surface area contributed by atoms with E-state index in [9.17, 15) is 18.3 Å². The summed E-state index contributed by atoms with van der Waals surface area (Å²) in [6, 6.07) is 6.21. The van der Waals surface area contributed by atoms with Crippen LogP contribution in [-0.4, -0.2) is 42.0 Å². The number of carboxylic acid groups (broad SMARTS) is 1. The number of aromatic amines is 1. The molecule has 1 saturated heterocycles. The Kier molecular flexibility index (Phi) is 3.46. The summed E-state index contributed by atoms with van der Waals surface area (Å²) in [5, 5.41) is 13.3. The number of rotatable bonds is 4. The number of nitrogens with one attached hydrogen (secondary N) is 2. The zero-order valence-electron chi connectivity index (χ0n) is 11.2. The second-order valence-electron chi connectivity index (χ2n) is 5.33. The molecular weight excluding hydrogens is 292 g/mol. The first-order chi connectivity index (χ1) is 9.96. The molecule has 21 heavy (non-hydrogen) atoms. The van der Waals surface area contributed by atoms with Gasteiger partial charge in [-0.05, 0) is 12.5 Å². The molecule has 1 aromatic carbocycles. The Morgan fingerprint density at radius 3 is 2.81 bits per heavy atom. The van der Waals surface area contributed by atoms with E-state index in [4.69, 9.17) is 0 Å². The summed E-state index contributed by atoms with van der Waals surface area (Å²) in [7, 11) is -3.04. The largest absolute Gasteiger partial charge is 0.480 e. The lowest BCUT2D eigenvalue weighted by Crippen LogP contribution is -2.37. The highest BCUT2D eigenvalue weighted by atomic mass is 32.2. The Balaban J connectivity index is 1.90. The van der Waals surface area contributed by atoms with Gasteiger partial charge in [0.1, 0.15) is 6.04 Å². The number of hydrogen-bond acceptors (Lipinski definition) is 4. The van der Waals surface area contributed by atoms with Crippen LogP contribution in [0.5, 0.6) is 0 Å². The molecule has 112 valence electrons. The van der Waals surface area contributed by atoms with E-state index in [1.54, 1.807) is 6.20 Å². The number of sulfone groups is 1. The molecular formula is C14H16N2O4S. The molecule has 2 aromatic rings. The van der Waals surface area contributed by atoms with E-state index in [1.807, 2.05) is 24.3 Å². The molecule has 0 radical (unpaired) electrons. The molecule has 7 heteroatoms. The van der Waals surface area contributed by atoms with Crippen LogP contribution in [0.2, 0.25) is 0 Å². The van der Waals surface area contributed by atoms with E-state index < -0.39 is 21.8 Å². The number of hydrogen-bond donors (Lipinski definition) is 3. The molecule has 1 fully saturated rings. The van der Waals surface area contributed by atoms with Crippen molar-refractivity contribution in [1.82, 2.24) is 10.3 Å². The van der Waals surface area contributed by atoms with Crippen molar-refractivity contribution in [3.8, 4) is 0 Å². The van der Waals surface area contributed by atoms with Gasteiger partial charge in [-0.3, -0.25) is 10.1 Å². The van der Waals surface area contributed by atoms with Crippen LogP contribution >= 0.6 is 0 Å². The van der Waals surface area contributed by atoms with Crippen LogP contribution in [0.3, 0.4) is 0 Å². The number of carbonyl (C=O) groups is 1. The number of aromatic nitrogens is 1. The Bertz CT molecular complexity index is 781. The molecule has 2 atom stereocenters. The molecule has 0 amide bonds. The summed E-state index contributed by atoms with van der Waals surface area (Å²) in [4.78, 5) is 14.6. The van der Waals surface area contributed by atoms with Gasteiger partial charge >= 0.3 is 5.97 Å². The third-order valence-corrected chi connectivity index (χ3v) is 5.58. The third kappa shape index (κ3) is 2.79. The molecule has 1 aromatic heterocycles. The number of H-pyrrole nitrogens is 1. The highest BCUT2D eigenvalue weighted by molar-refractivity contribution is 7.91. The van der Waals surface area contributed by atoms with Crippen LogP contribution < -0.4 is 5.32 Å². The molecule has 0 saturated carbocycles. The van der Waals surface area contributed by atoms with Crippen molar-refractivity contribution in [1.29, 1.82) is 0 Å². The standard InChI is InChI=1S/C14H16N2O4S/c17-14(18)13(16-9-5-6-21(19,20)8-9)11-7-15-12-4-2-1-3-10(11)12/h1-4,7,9,13,15-16H,5-6,8H2,(H,17,18)/t9-,13-/m1/s1. The number of aliphatic carboxylic acids is 1. The maximum absolute atomic E-state index is 11.6. The topological polar surface area (TPSA) is 99.3 Å². The van der Waals surface area contributed by atoms with Crippen LogP contribution in [0.25, 0.3) is 10.9 Å². The first kappa shape index (κ1) is 14.1. The minimum Gasteiger partial charge on any atom is -0.480 e. The van der Waals surface area contributed by atoms with Crippen LogP contribution in [0, 0.1) is 0 Å². The van der Waals surface area contributed by atoms with Crippen molar-refractivity contribution in [3.05, 3.63) is 36.0 Å². The molecule has 0 spiro atoms. The van der Waals surface area contributed by atoms with Crippen LogP contribution in [-0.2, 0) is 14.6 Å². The van der Waals surface area contributed by atoms with Gasteiger partial charge in [0.05, 0.1) is 11.5 Å². The minimum atomic E-state index is -3.04. The van der Waals surface area contributed by atoms with E-state index >= 15 is 0 Å². The van der Waals surface area contributed by atoms with Gasteiger partial charge in [0.15, 0.2) is 9.84 Å². The van der Waals surface area contributed by atoms with Crippen molar-refractivity contribution < 1.29 is 18.3 Å². The van der Waals surface area contributed by atoms with E-state index in [1.165, 1.54) is 0 Å². The Morgan fingerprint density at radius 2 is 2.14 bits per heavy atom. The van der Waals surface area contributed by atoms with E-state index in [0.29, 0.717) is 12.0 Å². The van der Waals surface area contributed by atoms with Crippen LogP contribution in [0.15, 0.2) is 30.5 Å². The second kappa shape index (κ2) is 5.16. The first-order valence-electron chi connectivity index (χ1n) is 6.71. The van der Waals surface area contributed by atoms with Gasteiger partial charge in [-0.25, -0.2) is 8.42 Å².